The fraction of sp³-hybridized carbons (Fsp3) is 0.684. The minimum absolute atomic E-state index is 0. The Morgan fingerprint density at radius 2 is 0.495 bits per heavy atom. The summed E-state index contributed by atoms with van der Waals surface area (Å²) in [5, 5.41) is 0. The Bertz CT molecular complexity index is 2400. The van der Waals surface area contributed by atoms with Gasteiger partial charge in [-0.05, 0) is 153 Å². The summed E-state index contributed by atoms with van der Waals surface area (Å²) < 4.78 is 92.8. The summed E-state index contributed by atoms with van der Waals surface area (Å²) in [5.74, 6) is -3.66. The van der Waals surface area contributed by atoms with Gasteiger partial charge in [-0.2, -0.15) is 0 Å². The van der Waals surface area contributed by atoms with Gasteiger partial charge in [0.25, 0.3) is 0 Å². The average Bonchev–Trinajstić information content (AvgIpc) is 0.820. The topological polar surface area (TPSA) is 220 Å². The molecule has 0 aliphatic rings. The van der Waals surface area contributed by atoms with Crippen LogP contribution in [-0.4, -0.2) is 114 Å². The van der Waals surface area contributed by atoms with Crippen LogP contribution in [0.25, 0.3) is 0 Å². The Morgan fingerprint density at radius 1 is 0.301 bits per heavy atom. The van der Waals surface area contributed by atoms with E-state index in [9.17, 15) is 45.1 Å². The predicted octanol–water partition coefficient (Wildman–Crippen LogP) is 20.9. The van der Waals surface area contributed by atoms with E-state index in [1.165, 1.54) is 140 Å². The molecule has 0 bridgehead atoms. The van der Waals surface area contributed by atoms with Crippen LogP contribution in [0.15, 0.2) is 94.8 Å². The number of ether oxygens (including phenoxy) is 4. The third-order valence-electron chi connectivity index (χ3n) is 16.0. The van der Waals surface area contributed by atoms with E-state index in [0.717, 1.165) is 153 Å². The number of rotatable bonds is 58. The molecule has 0 amide bonds. The number of hydrogen-bond acceptors (Lipinski definition) is 14. The molecular formula is C76H122CaO14S2. The normalized spacial score (nSPS) is 11.8. The van der Waals surface area contributed by atoms with E-state index in [-0.39, 0.29) is 75.3 Å². The second kappa shape index (κ2) is 61.9. The van der Waals surface area contributed by atoms with Crippen LogP contribution >= 0.6 is 0 Å². The van der Waals surface area contributed by atoms with Gasteiger partial charge in [-0.15, -0.1) is 0 Å². The molecule has 0 aliphatic carbocycles. The third-order valence-corrected chi connectivity index (χ3v) is 17.8. The second-order valence-electron chi connectivity index (χ2n) is 24.3. The Kier molecular flexibility index (Phi) is 59.5. The summed E-state index contributed by atoms with van der Waals surface area (Å²) in [5.41, 5.74) is -1.59. The molecule has 0 atom stereocenters. The van der Waals surface area contributed by atoms with Crippen molar-refractivity contribution in [1.29, 1.82) is 0 Å². The molecule has 2 aromatic carbocycles. The number of hydrogen-bond donors (Lipinski definition) is 0. The van der Waals surface area contributed by atoms with Gasteiger partial charge in [0.1, 0.15) is 20.2 Å². The molecule has 0 aromatic heterocycles. The summed E-state index contributed by atoms with van der Waals surface area (Å²) in [6, 6.07) is 7.18. The molecule has 0 radical (unpaired) electrons. The molecule has 0 aliphatic heterocycles. The molecule has 0 N–H and O–H groups in total. The maximum absolute atomic E-state index is 12.9. The molecule has 17 heteroatoms. The van der Waals surface area contributed by atoms with Crippen molar-refractivity contribution in [1.82, 2.24) is 0 Å². The molecule has 0 saturated heterocycles. The first-order chi connectivity index (χ1) is 44.6. The minimum atomic E-state index is -5.01. The SMILES string of the molecule is CCCCC/C=C/CCCCCCCCOC(=O)c1cccc(S(=O)(=O)[O-])c1C(=O)OCCCCCCCC/C=C/CCCCC.CCCCC/C=C/CCCCCCCCOC(=O)c1cccc(S(=O)(=O)[O-])c1C(=O)OCCCCCCCC/C=C/CCCCC.[Ca+2]. The standard InChI is InChI=1S/2C38H62O7S.Ca/c2*1-3-5-7-9-11-13-15-17-19-21-23-25-27-32-44-37(39)34-30-29-31-35(46(41,42)43)36(34)38(40)45-33-28-26-24-22-20-18-16-14-12-10-8-6-4-2;/h2*11-14,29-31H,3-10,15-28,32-33H2,1-2H3,(H,41,42,43);/q;;+2/p-2/b2*13-11+,14-12+;. The molecule has 0 spiro atoms. The van der Waals surface area contributed by atoms with Crippen molar-refractivity contribution < 1.29 is 64.1 Å². The molecule has 0 heterocycles. The molecule has 0 fully saturated rings. The summed E-state index contributed by atoms with van der Waals surface area (Å²) in [7, 11) is -10.0. The zero-order valence-corrected chi connectivity index (χ0v) is 62.1. The number of esters is 4. The summed E-state index contributed by atoms with van der Waals surface area (Å²) >= 11 is 0. The van der Waals surface area contributed by atoms with Crippen LogP contribution in [0.5, 0.6) is 0 Å². The zero-order chi connectivity index (χ0) is 67.4. The van der Waals surface area contributed by atoms with Gasteiger partial charge in [-0.3, -0.25) is 0 Å². The van der Waals surface area contributed by atoms with Crippen LogP contribution in [0.2, 0.25) is 0 Å². The third kappa shape index (κ3) is 48.7. The Balaban J connectivity index is 0.00000180. The van der Waals surface area contributed by atoms with Gasteiger partial charge in [0.2, 0.25) is 0 Å². The quantitative estimate of drug-likeness (QED) is 0.0150. The average molecular weight is 1360 g/mol. The van der Waals surface area contributed by atoms with Gasteiger partial charge in [-0.1, -0.05) is 243 Å². The van der Waals surface area contributed by atoms with Gasteiger partial charge >= 0.3 is 61.6 Å². The van der Waals surface area contributed by atoms with Gasteiger partial charge in [-0.25, -0.2) is 36.0 Å². The number of benzene rings is 2. The number of unbranched alkanes of at least 4 members (excludes halogenated alkanes) is 36. The summed E-state index contributed by atoms with van der Waals surface area (Å²) in [4.78, 5) is 50.0. The first kappa shape index (κ1) is 89.4. The van der Waals surface area contributed by atoms with Crippen LogP contribution in [-0.2, 0) is 39.2 Å². The monoisotopic (exact) mass is 1360 g/mol. The minimum Gasteiger partial charge on any atom is -0.744 e. The van der Waals surface area contributed by atoms with Crippen molar-refractivity contribution in [3.63, 3.8) is 0 Å². The summed E-state index contributed by atoms with van der Waals surface area (Å²) in [6.07, 6.45) is 66.5. The van der Waals surface area contributed by atoms with Crippen molar-refractivity contribution in [2.24, 2.45) is 0 Å². The second-order valence-corrected chi connectivity index (χ2v) is 27.0. The van der Waals surface area contributed by atoms with Crippen LogP contribution in [0.1, 0.15) is 352 Å². The van der Waals surface area contributed by atoms with E-state index in [1.807, 2.05) is 0 Å². The largest absolute Gasteiger partial charge is 2.00 e. The van der Waals surface area contributed by atoms with Crippen LogP contribution in [0.4, 0.5) is 0 Å². The van der Waals surface area contributed by atoms with Gasteiger partial charge in [0.15, 0.2) is 0 Å². The van der Waals surface area contributed by atoms with Crippen LogP contribution in [0, 0.1) is 0 Å². The molecule has 524 valence electrons. The number of carbonyl (C=O) groups is 4. The fourth-order valence-electron chi connectivity index (χ4n) is 10.5. The first-order valence-electron chi connectivity index (χ1n) is 36.1. The molecule has 0 saturated carbocycles. The number of carbonyl (C=O) groups excluding carboxylic acids is 4. The van der Waals surface area contributed by atoms with Gasteiger partial charge in [0, 0.05) is 0 Å². The van der Waals surface area contributed by atoms with E-state index < -0.39 is 65.0 Å². The number of allylic oxidation sites excluding steroid dienone is 8. The Morgan fingerprint density at radius 3 is 0.710 bits per heavy atom. The molecular weight excluding hydrogens is 1240 g/mol. The van der Waals surface area contributed by atoms with E-state index in [1.54, 1.807) is 0 Å². The van der Waals surface area contributed by atoms with Crippen molar-refractivity contribution in [2.75, 3.05) is 26.4 Å². The van der Waals surface area contributed by atoms with Crippen molar-refractivity contribution in [3.05, 3.63) is 107 Å². The van der Waals surface area contributed by atoms with Gasteiger partial charge in [0.05, 0.1) is 58.5 Å². The zero-order valence-electron chi connectivity index (χ0n) is 58.3. The van der Waals surface area contributed by atoms with Crippen molar-refractivity contribution in [2.45, 2.75) is 320 Å². The summed E-state index contributed by atoms with van der Waals surface area (Å²) in [6.45, 7) is 9.31. The van der Waals surface area contributed by atoms with Crippen molar-refractivity contribution in [3.8, 4) is 0 Å². The maximum atomic E-state index is 12.9. The van der Waals surface area contributed by atoms with Gasteiger partial charge < -0.3 is 28.1 Å². The molecule has 2 aromatic rings. The first-order valence-corrected chi connectivity index (χ1v) is 38.9. The smallest absolute Gasteiger partial charge is 0.744 e. The van der Waals surface area contributed by atoms with E-state index in [0.29, 0.717) is 25.7 Å². The fourth-order valence-corrected chi connectivity index (χ4v) is 11.9. The Labute approximate surface area is 595 Å². The maximum Gasteiger partial charge on any atom is 2.00 e. The molecule has 2 rings (SSSR count). The van der Waals surface area contributed by atoms with Crippen LogP contribution in [0.3, 0.4) is 0 Å². The molecule has 0 unspecified atom stereocenters. The predicted molar refractivity (Wildman–Crippen MR) is 378 cm³/mol. The molecule has 93 heavy (non-hydrogen) atoms. The molecule has 14 nitrogen and oxygen atoms in total. The van der Waals surface area contributed by atoms with E-state index >= 15 is 0 Å². The van der Waals surface area contributed by atoms with Crippen LogP contribution < -0.4 is 0 Å². The van der Waals surface area contributed by atoms with E-state index in [2.05, 4.69) is 76.3 Å². The Hall–Kier alpha value is -3.64. The van der Waals surface area contributed by atoms with Crippen molar-refractivity contribution >= 4 is 81.9 Å². The van der Waals surface area contributed by atoms with E-state index in [4.69, 9.17) is 18.9 Å².